The number of anilines is 1. The number of aromatic hydroxyl groups is 1. The summed E-state index contributed by atoms with van der Waals surface area (Å²) in [6, 6.07) is 22.1. The van der Waals surface area contributed by atoms with E-state index in [9.17, 15) is 5.11 Å². The number of phenolic OH excluding ortho intramolecular Hbond substituents is 1. The molecule has 4 heteroatoms. The van der Waals surface area contributed by atoms with Crippen LogP contribution in [0, 0.1) is 6.92 Å². The van der Waals surface area contributed by atoms with E-state index in [0.717, 1.165) is 39.2 Å². The Labute approximate surface area is 145 Å². The summed E-state index contributed by atoms with van der Waals surface area (Å²) in [4.78, 5) is 4.86. The van der Waals surface area contributed by atoms with Crippen molar-refractivity contribution in [3.63, 3.8) is 0 Å². The van der Waals surface area contributed by atoms with Crippen molar-refractivity contribution in [2.75, 3.05) is 5.32 Å². The van der Waals surface area contributed by atoms with E-state index in [1.807, 2.05) is 49.4 Å². The minimum atomic E-state index is -0.210. The number of para-hydroxylation sites is 3. The van der Waals surface area contributed by atoms with E-state index in [2.05, 4.69) is 28.1 Å². The normalized spacial score (nSPS) is 15.5. The summed E-state index contributed by atoms with van der Waals surface area (Å²) < 4.78 is 2.17. The Morgan fingerprint density at radius 1 is 1.00 bits per heavy atom. The van der Waals surface area contributed by atoms with Crippen LogP contribution in [0.3, 0.4) is 0 Å². The Balaban J connectivity index is 1.83. The number of hydrogen-bond acceptors (Lipinski definition) is 3. The monoisotopic (exact) mass is 327 g/mol. The van der Waals surface area contributed by atoms with Crippen molar-refractivity contribution in [2.24, 2.45) is 0 Å². The molecule has 0 radical (unpaired) electrons. The van der Waals surface area contributed by atoms with Gasteiger partial charge in [-0.15, -0.1) is 0 Å². The number of aryl methyl sites for hydroxylation is 1. The fraction of sp³-hybridized carbons (Fsp3) is 0.0952. The minimum absolute atomic E-state index is 0.210. The lowest BCUT2D eigenvalue weighted by Crippen LogP contribution is -2.24. The zero-order valence-electron chi connectivity index (χ0n) is 13.8. The van der Waals surface area contributed by atoms with Gasteiger partial charge < -0.3 is 10.4 Å². The highest BCUT2D eigenvalue weighted by atomic mass is 16.3. The van der Waals surface area contributed by atoms with Crippen LogP contribution in [0.25, 0.3) is 22.4 Å². The number of nitrogens with one attached hydrogen (secondary N) is 1. The highest BCUT2D eigenvalue weighted by Crippen LogP contribution is 2.42. The van der Waals surface area contributed by atoms with Gasteiger partial charge in [0, 0.05) is 16.8 Å². The summed E-state index contributed by atoms with van der Waals surface area (Å²) in [6.07, 6.45) is -0.210. The van der Waals surface area contributed by atoms with Crippen LogP contribution < -0.4 is 5.32 Å². The van der Waals surface area contributed by atoms with Crippen molar-refractivity contribution < 1.29 is 5.11 Å². The molecule has 3 aromatic carbocycles. The highest BCUT2D eigenvalue weighted by Gasteiger charge is 2.29. The topological polar surface area (TPSA) is 50.1 Å². The first-order valence-corrected chi connectivity index (χ1v) is 8.35. The van der Waals surface area contributed by atoms with Crippen LogP contribution in [-0.4, -0.2) is 14.7 Å². The van der Waals surface area contributed by atoms with Crippen LogP contribution in [0.1, 0.15) is 17.3 Å². The van der Waals surface area contributed by atoms with Crippen LogP contribution in [0.2, 0.25) is 0 Å². The van der Waals surface area contributed by atoms with Gasteiger partial charge in [0.05, 0.1) is 11.0 Å². The Hall–Kier alpha value is -3.27. The van der Waals surface area contributed by atoms with Gasteiger partial charge in [0.25, 0.3) is 0 Å². The van der Waals surface area contributed by atoms with Crippen LogP contribution >= 0.6 is 0 Å². The molecule has 0 fully saturated rings. The van der Waals surface area contributed by atoms with Crippen molar-refractivity contribution in [2.45, 2.75) is 13.1 Å². The van der Waals surface area contributed by atoms with E-state index >= 15 is 0 Å². The summed E-state index contributed by atoms with van der Waals surface area (Å²) in [7, 11) is 0. The first-order valence-electron chi connectivity index (χ1n) is 8.35. The van der Waals surface area contributed by atoms with Crippen LogP contribution in [0.15, 0.2) is 66.7 Å². The van der Waals surface area contributed by atoms with Gasteiger partial charge in [-0.1, -0.05) is 36.4 Å². The second kappa shape index (κ2) is 5.11. The first-order chi connectivity index (χ1) is 12.2. The van der Waals surface area contributed by atoms with E-state index in [1.54, 1.807) is 6.07 Å². The molecule has 1 unspecified atom stereocenters. The second-order valence-electron chi connectivity index (χ2n) is 6.45. The third kappa shape index (κ3) is 2.04. The number of phenols is 1. The van der Waals surface area contributed by atoms with Gasteiger partial charge >= 0.3 is 0 Å². The quantitative estimate of drug-likeness (QED) is 0.533. The molecule has 25 heavy (non-hydrogen) atoms. The molecule has 1 aliphatic heterocycles. The summed E-state index contributed by atoms with van der Waals surface area (Å²) >= 11 is 0. The van der Waals surface area contributed by atoms with E-state index in [0.29, 0.717) is 5.75 Å². The lowest BCUT2D eigenvalue weighted by molar-refractivity contribution is 0.459. The number of imidazole rings is 1. The molecular formula is C21H17N3O. The molecule has 1 atom stereocenters. The van der Waals surface area contributed by atoms with Crippen LogP contribution in [-0.2, 0) is 0 Å². The molecule has 0 saturated heterocycles. The van der Waals surface area contributed by atoms with Crippen molar-refractivity contribution in [3.8, 4) is 17.1 Å². The SMILES string of the molecule is Cc1ccc(C2Nc3ccccc3-c3nc4ccccc4n32)c(O)c1. The molecule has 2 N–H and O–H groups in total. The van der Waals surface area contributed by atoms with E-state index in [4.69, 9.17) is 4.98 Å². The molecule has 4 nitrogen and oxygen atoms in total. The van der Waals surface area contributed by atoms with Crippen molar-refractivity contribution in [1.82, 2.24) is 9.55 Å². The number of nitrogens with zero attached hydrogens (tertiary/aromatic N) is 2. The number of aromatic nitrogens is 2. The Kier molecular flexibility index (Phi) is 2.88. The third-order valence-corrected chi connectivity index (χ3v) is 4.79. The lowest BCUT2D eigenvalue weighted by Gasteiger charge is -2.30. The molecule has 0 amide bonds. The van der Waals surface area contributed by atoms with Gasteiger partial charge in [0.15, 0.2) is 0 Å². The first kappa shape index (κ1) is 14.1. The standard InChI is InChI=1S/C21H17N3O/c1-13-10-11-15(19(25)12-13)21-22-16-7-3-2-6-14(16)20-23-17-8-4-5-9-18(17)24(20)21/h2-12,21-22,25H,1H3. The molecule has 122 valence electrons. The highest BCUT2D eigenvalue weighted by molar-refractivity contribution is 5.86. The molecule has 0 spiro atoms. The Morgan fingerprint density at radius 3 is 2.68 bits per heavy atom. The van der Waals surface area contributed by atoms with E-state index in [-0.39, 0.29) is 6.17 Å². The van der Waals surface area contributed by atoms with Crippen molar-refractivity contribution >= 4 is 16.7 Å². The maximum absolute atomic E-state index is 10.6. The number of fused-ring (bicyclic) bond motifs is 5. The smallest absolute Gasteiger partial charge is 0.145 e. The average molecular weight is 327 g/mol. The van der Waals surface area contributed by atoms with Gasteiger partial charge in [-0.3, -0.25) is 4.57 Å². The summed E-state index contributed by atoms with van der Waals surface area (Å²) in [5.41, 5.74) is 5.96. The van der Waals surface area contributed by atoms with Gasteiger partial charge in [0.1, 0.15) is 17.7 Å². The molecule has 0 saturated carbocycles. The van der Waals surface area contributed by atoms with Gasteiger partial charge in [-0.2, -0.15) is 0 Å². The van der Waals surface area contributed by atoms with E-state index < -0.39 is 0 Å². The zero-order valence-corrected chi connectivity index (χ0v) is 13.8. The summed E-state index contributed by atoms with van der Waals surface area (Å²) in [5.74, 6) is 1.21. The largest absolute Gasteiger partial charge is 0.508 e. The van der Waals surface area contributed by atoms with Gasteiger partial charge in [0.2, 0.25) is 0 Å². The minimum Gasteiger partial charge on any atom is -0.508 e. The molecule has 0 aliphatic carbocycles. The van der Waals surface area contributed by atoms with Crippen molar-refractivity contribution in [1.29, 1.82) is 0 Å². The average Bonchev–Trinajstić information content (AvgIpc) is 3.01. The maximum atomic E-state index is 10.6. The predicted molar refractivity (Wildman–Crippen MR) is 99.8 cm³/mol. The van der Waals surface area contributed by atoms with Crippen molar-refractivity contribution in [3.05, 3.63) is 77.9 Å². The molecule has 2 heterocycles. The summed E-state index contributed by atoms with van der Waals surface area (Å²) in [6.45, 7) is 1.98. The fourth-order valence-corrected chi connectivity index (χ4v) is 3.61. The molecular weight excluding hydrogens is 310 g/mol. The van der Waals surface area contributed by atoms with Gasteiger partial charge in [-0.05, 0) is 42.8 Å². The second-order valence-corrected chi connectivity index (χ2v) is 6.45. The lowest BCUT2D eigenvalue weighted by atomic mass is 10.0. The molecule has 1 aromatic heterocycles. The number of hydrogen-bond donors (Lipinski definition) is 2. The maximum Gasteiger partial charge on any atom is 0.145 e. The fourth-order valence-electron chi connectivity index (χ4n) is 3.61. The third-order valence-electron chi connectivity index (χ3n) is 4.79. The Bertz CT molecular complexity index is 1110. The zero-order chi connectivity index (χ0) is 17.0. The number of benzene rings is 3. The van der Waals surface area contributed by atoms with E-state index in [1.165, 1.54) is 0 Å². The number of rotatable bonds is 1. The molecule has 5 rings (SSSR count). The predicted octanol–water partition coefficient (Wildman–Crippen LogP) is 4.69. The van der Waals surface area contributed by atoms with Crippen LogP contribution in [0.4, 0.5) is 5.69 Å². The Morgan fingerprint density at radius 2 is 1.80 bits per heavy atom. The van der Waals surface area contributed by atoms with Gasteiger partial charge in [-0.25, -0.2) is 4.98 Å². The molecule has 4 aromatic rings. The molecule has 1 aliphatic rings. The molecule has 0 bridgehead atoms. The van der Waals surface area contributed by atoms with Crippen LogP contribution in [0.5, 0.6) is 5.75 Å². The summed E-state index contributed by atoms with van der Waals surface area (Å²) in [5, 5.41) is 14.1.